The highest BCUT2D eigenvalue weighted by Gasteiger charge is 2.15. The van der Waals surface area contributed by atoms with Crippen molar-refractivity contribution in [2.24, 2.45) is 5.92 Å². The molecule has 16 heavy (non-hydrogen) atoms. The molecule has 1 aromatic heterocycles. The summed E-state index contributed by atoms with van der Waals surface area (Å²) in [5, 5.41) is 0. The molecule has 1 aliphatic rings. The van der Waals surface area contributed by atoms with Gasteiger partial charge < -0.3 is 4.90 Å². The largest absolute Gasteiger partial charge is 0.301 e. The second-order valence-corrected chi connectivity index (χ2v) is 6.48. The molecule has 0 atom stereocenters. The van der Waals surface area contributed by atoms with Crippen molar-refractivity contribution in [2.75, 3.05) is 13.6 Å². The molecule has 0 saturated heterocycles. The van der Waals surface area contributed by atoms with Crippen molar-refractivity contribution >= 4 is 22.9 Å². The summed E-state index contributed by atoms with van der Waals surface area (Å²) < 4.78 is 0.654. The van der Waals surface area contributed by atoms with Crippen LogP contribution in [0.1, 0.15) is 37.0 Å². The number of rotatable bonds is 4. The first-order valence-electron chi connectivity index (χ1n) is 6.03. The number of hydrogen-bond donors (Lipinski definition) is 0. The lowest BCUT2D eigenvalue weighted by Crippen LogP contribution is -2.26. The quantitative estimate of drug-likeness (QED) is 0.817. The van der Waals surface area contributed by atoms with Crippen molar-refractivity contribution < 1.29 is 0 Å². The average Bonchev–Trinajstić information content (AvgIpc) is 2.65. The van der Waals surface area contributed by atoms with Gasteiger partial charge in [0.25, 0.3) is 0 Å². The predicted octanol–water partition coefficient (Wildman–Crippen LogP) is 3.81. The Bertz CT molecular complexity index is 321. The number of nitrogens with zero attached hydrogens (tertiary/aromatic N) is 2. The lowest BCUT2D eigenvalue weighted by molar-refractivity contribution is 0.229. The molecule has 1 fully saturated rings. The van der Waals surface area contributed by atoms with Crippen LogP contribution in [-0.2, 0) is 6.54 Å². The standard InChI is InChI=1S/C12H19ClN2S/c1-15(8-10-5-3-2-4-6-10)9-11-7-14-12(13)16-11/h7,10H,2-6,8-9H2,1H3. The van der Waals surface area contributed by atoms with Crippen molar-refractivity contribution in [3.63, 3.8) is 0 Å². The Balaban J connectivity index is 1.77. The van der Waals surface area contributed by atoms with Crippen molar-refractivity contribution in [3.8, 4) is 0 Å². The molecule has 0 unspecified atom stereocenters. The van der Waals surface area contributed by atoms with Gasteiger partial charge in [0.1, 0.15) is 0 Å². The van der Waals surface area contributed by atoms with Crippen LogP contribution in [0.3, 0.4) is 0 Å². The molecule has 1 aromatic rings. The van der Waals surface area contributed by atoms with Crippen molar-refractivity contribution in [2.45, 2.75) is 38.6 Å². The second kappa shape index (κ2) is 5.99. The summed E-state index contributed by atoms with van der Waals surface area (Å²) in [6.07, 6.45) is 8.99. The molecule has 0 aliphatic heterocycles. The first-order valence-corrected chi connectivity index (χ1v) is 7.22. The van der Waals surface area contributed by atoms with Gasteiger partial charge in [-0.25, -0.2) is 4.98 Å². The molecule has 0 aromatic carbocycles. The molecule has 1 heterocycles. The van der Waals surface area contributed by atoms with E-state index in [1.807, 2.05) is 6.20 Å². The SMILES string of the molecule is CN(Cc1cnc(Cl)s1)CC1CCCCC1. The normalized spacial score (nSPS) is 18.2. The first kappa shape index (κ1) is 12.3. The Kier molecular flexibility index (Phi) is 4.62. The molecule has 0 N–H and O–H groups in total. The third-order valence-corrected chi connectivity index (χ3v) is 4.35. The van der Waals surface area contributed by atoms with Crippen LogP contribution in [0.25, 0.3) is 0 Å². The van der Waals surface area contributed by atoms with Crippen LogP contribution < -0.4 is 0 Å². The molecule has 1 saturated carbocycles. The number of aromatic nitrogens is 1. The van der Waals surface area contributed by atoms with Gasteiger partial charge in [-0.1, -0.05) is 30.9 Å². The lowest BCUT2D eigenvalue weighted by atomic mass is 9.89. The molecular weight excluding hydrogens is 240 g/mol. The fourth-order valence-corrected chi connectivity index (χ4v) is 3.56. The zero-order valence-electron chi connectivity index (χ0n) is 9.79. The minimum absolute atomic E-state index is 0.654. The molecule has 4 heteroatoms. The van der Waals surface area contributed by atoms with Gasteiger partial charge in [-0.05, 0) is 25.8 Å². The first-order chi connectivity index (χ1) is 7.74. The Hall–Kier alpha value is -0.120. The number of thiazole rings is 1. The Labute approximate surface area is 107 Å². The summed E-state index contributed by atoms with van der Waals surface area (Å²) >= 11 is 7.42. The summed E-state index contributed by atoms with van der Waals surface area (Å²) in [6, 6.07) is 0. The third-order valence-electron chi connectivity index (χ3n) is 3.25. The van der Waals surface area contributed by atoms with Crippen molar-refractivity contribution in [1.82, 2.24) is 9.88 Å². The smallest absolute Gasteiger partial charge is 0.183 e. The van der Waals surface area contributed by atoms with E-state index in [9.17, 15) is 0 Å². The highest BCUT2D eigenvalue weighted by molar-refractivity contribution is 7.15. The maximum absolute atomic E-state index is 5.82. The minimum Gasteiger partial charge on any atom is -0.301 e. The van der Waals surface area contributed by atoms with Gasteiger partial charge >= 0.3 is 0 Å². The summed E-state index contributed by atoms with van der Waals surface area (Å²) in [5.41, 5.74) is 0. The fraction of sp³-hybridized carbons (Fsp3) is 0.750. The molecule has 0 bridgehead atoms. The monoisotopic (exact) mass is 258 g/mol. The highest BCUT2D eigenvalue weighted by Crippen LogP contribution is 2.25. The number of halogens is 1. The highest BCUT2D eigenvalue weighted by atomic mass is 35.5. The zero-order chi connectivity index (χ0) is 11.4. The topological polar surface area (TPSA) is 16.1 Å². The van der Waals surface area contributed by atoms with E-state index >= 15 is 0 Å². The van der Waals surface area contributed by atoms with Gasteiger partial charge in [0.15, 0.2) is 4.47 Å². The van der Waals surface area contributed by atoms with Crippen LogP contribution in [0.5, 0.6) is 0 Å². The lowest BCUT2D eigenvalue weighted by Gasteiger charge is -2.26. The molecule has 0 amide bonds. The second-order valence-electron chi connectivity index (χ2n) is 4.78. The van der Waals surface area contributed by atoms with E-state index < -0.39 is 0 Å². The Morgan fingerprint density at radius 3 is 2.81 bits per heavy atom. The molecule has 90 valence electrons. The third kappa shape index (κ3) is 3.72. The van der Waals surface area contributed by atoms with E-state index in [0.29, 0.717) is 4.47 Å². The fourth-order valence-electron chi connectivity index (χ4n) is 2.50. The average molecular weight is 259 g/mol. The van der Waals surface area contributed by atoms with Crippen LogP contribution in [0.2, 0.25) is 4.47 Å². The van der Waals surface area contributed by atoms with Crippen LogP contribution in [0.4, 0.5) is 0 Å². The molecule has 2 rings (SSSR count). The minimum atomic E-state index is 0.654. The van der Waals surface area contributed by atoms with Gasteiger partial charge in [-0.3, -0.25) is 0 Å². The van der Waals surface area contributed by atoms with Crippen LogP contribution in [-0.4, -0.2) is 23.5 Å². The van der Waals surface area contributed by atoms with E-state index in [2.05, 4.69) is 16.9 Å². The van der Waals surface area contributed by atoms with E-state index in [1.165, 1.54) is 43.5 Å². The zero-order valence-corrected chi connectivity index (χ0v) is 11.4. The van der Waals surface area contributed by atoms with Gasteiger partial charge in [0, 0.05) is 24.2 Å². The molecule has 2 nitrogen and oxygen atoms in total. The summed E-state index contributed by atoms with van der Waals surface area (Å²) in [5.74, 6) is 0.905. The van der Waals surface area contributed by atoms with E-state index in [1.54, 1.807) is 11.3 Å². The molecule has 0 radical (unpaired) electrons. The Morgan fingerprint density at radius 1 is 1.44 bits per heavy atom. The van der Waals surface area contributed by atoms with Crippen LogP contribution >= 0.6 is 22.9 Å². The summed E-state index contributed by atoms with van der Waals surface area (Å²) in [7, 11) is 2.20. The van der Waals surface area contributed by atoms with Gasteiger partial charge in [-0.2, -0.15) is 0 Å². The van der Waals surface area contributed by atoms with Crippen molar-refractivity contribution in [1.29, 1.82) is 0 Å². The molecule has 1 aliphatic carbocycles. The maximum Gasteiger partial charge on any atom is 0.183 e. The van der Waals surface area contributed by atoms with E-state index in [0.717, 1.165) is 12.5 Å². The van der Waals surface area contributed by atoms with Crippen LogP contribution in [0, 0.1) is 5.92 Å². The summed E-state index contributed by atoms with van der Waals surface area (Å²) in [6.45, 7) is 2.20. The maximum atomic E-state index is 5.82. The van der Waals surface area contributed by atoms with E-state index in [-0.39, 0.29) is 0 Å². The van der Waals surface area contributed by atoms with Crippen LogP contribution in [0.15, 0.2) is 6.20 Å². The molecule has 0 spiro atoms. The van der Waals surface area contributed by atoms with Gasteiger partial charge in [0.05, 0.1) is 0 Å². The Morgan fingerprint density at radius 2 is 2.19 bits per heavy atom. The van der Waals surface area contributed by atoms with Gasteiger partial charge in [-0.15, -0.1) is 11.3 Å². The predicted molar refractivity (Wildman–Crippen MR) is 70.0 cm³/mol. The van der Waals surface area contributed by atoms with Gasteiger partial charge in [0.2, 0.25) is 0 Å². The number of hydrogen-bond acceptors (Lipinski definition) is 3. The van der Waals surface area contributed by atoms with E-state index in [4.69, 9.17) is 11.6 Å². The van der Waals surface area contributed by atoms with Crippen molar-refractivity contribution in [3.05, 3.63) is 15.5 Å². The molecular formula is C12H19ClN2S. The summed E-state index contributed by atoms with van der Waals surface area (Å²) in [4.78, 5) is 7.74.